The Bertz CT molecular complexity index is 473. The first-order valence-corrected chi connectivity index (χ1v) is 8.14. The summed E-state index contributed by atoms with van der Waals surface area (Å²) in [5.74, 6) is 0.768. The van der Waals surface area contributed by atoms with E-state index < -0.39 is 0 Å². The van der Waals surface area contributed by atoms with Gasteiger partial charge in [-0.2, -0.15) is 5.10 Å². The summed E-state index contributed by atoms with van der Waals surface area (Å²) < 4.78 is 1.84. The van der Waals surface area contributed by atoms with Gasteiger partial charge >= 0.3 is 0 Å². The first-order valence-electron chi connectivity index (χ1n) is 8.14. The van der Waals surface area contributed by atoms with Crippen LogP contribution in [-0.2, 0) is 18.3 Å². The lowest BCUT2D eigenvalue weighted by atomic mass is 9.69. The maximum Gasteiger partial charge on any atom is 0.220 e. The van der Waals surface area contributed by atoms with Crippen molar-refractivity contribution in [3.8, 4) is 0 Å². The number of amides is 1. The third-order valence-electron chi connectivity index (χ3n) is 4.76. The van der Waals surface area contributed by atoms with Crippen LogP contribution in [0, 0.1) is 11.3 Å². The van der Waals surface area contributed by atoms with E-state index in [-0.39, 0.29) is 11.3 Å². The van der Waals surface area contributed by atoms with Crippen LogP contribution in [0.1, 0.15) is 58.6 Å². The molecule has 1 amide bonds. The average Bonchev–Trinajstić information content (AvgIpc) is 2.81. The largest absolute Gasteiger partial charge is 0.353 e. The van der Waals surface area contributed by atoms with E-state index in [4.69, 9.17) is 0 Å². The summed E-state index contributed by atoms with van der Waals surface area (Å²) in [5.41, 5.74) is 1.38. The van der Waals surface area contributed by atoms with Gasteiger partial charge in [0.15, 0.2) is 0 Å². The van der Waals surface area contributed by atoms with Crippen LogP contribution in [0.3, 0.4) is 0 Å². The van der Waals surface area contributed by atoms with E-state index in [1.54, 1.807) is 6.20 Å². The highest BCUT2D eigenvalue weighted by atomic mass is 16.1. The third-order valence-corrected chi connectivity index (χ3v) is 4.76. The van der Waals surface area contributed by atoms with Crippen LogP contribution in [0.5, 0.6) is 0 Å². The molecule has 0 bridgehead atoms. The van der Waals surface area contributed by atoms with Crippen molar-refractivity contribution in [2.24, 2.45) is 18.4 Å². The van der Waals surface area contributed by atoms with Crippen molar-refractivity contribution >= 4 is 5.91 Å². The molecule has 0 aromatic carbocycles. The Kier molecular flexibility index (Phi) is 5.07. The molecule has 1 saturated carbocycles. The molecular weight excluding hydrogens is 262 g/mol. The molecule has 118 valence electrons. The number of aryl methyl sites for hydroxylation is 2. The van der Waals surface area contributed by atoms with Gasteiger partial charge in [0.1, 0.15) is 0 Å². The summed E-state index contributed by atoms with van der Waals surface area (Å²) in [7, 11) is 1.92. The number of hydrogen-bond donors (Lipinski definition) is 1. The number of aromatic nitrogens is 2. The van der Waals surface area contributed by atoms with E-state index in [0.717, 1.165) is 18.5 Å². The highest BCUT2D eigenvalue weighted by molar-refractivity contribution is 5.76. The number of carbonyl (C=O) groups is 1. The molecule has 2 atom stereocenters. The van der Waals surface area contributed by atoms with Gasteiger partial charge in [-0.05, 0) is 36.7 Å². The molecule has 0 spiro atoms. The molecule has 1 heterocycles. The Morgan fingerprint density at radius 3 is 2.71 bits per heavy atom. The van der Waals surface area contributed by atoms with Crippen LogP contribution in [0.25, 0.3) is 0 Å². The summed E-state index contributed by atoms with van der Waals surface area (Å²) in [6.07, 6.45) is 7.98. The quantitative estimate of drug-likeness (QED) is 0.926. The Morgan fingerprint density at radius 1 is 1.38 bits per heavy atom. The van der Waals surface area contributed by atoms with E-state index >= 15 is 0 Å². The minimum absolute atomic E-state index is 0.178. The zero-order chi connectivity index (χ0) is 15.5. The van der Waals surface area contributed by atoms with E-state index in [1.165, 1.54) is 19.3 Å². The number of hydrogen-bond acceptors (Lipinski definition) is 2. The van der Waals surface area contributed by atoms with Crippen molar-refractivity contribution in [3.63, 3.8) is 0 Å². The fourth-order valence-corrected chi connectivity index (χ4v) is 3.51. The van der Waals surface area contributed by atoms with Crippen molar-refractivity contribution in [3.05, 3.63) is 18.0 Å². The van der Waals surface area contributed by atoms with Crippen LogP contribution >= 0.6 is 0 Å². The predicted molar refractivity (Wildman–Crippen MR) is 84.9 cm³/mol. The summed E-state index contributed by atoms with van der Waals surface area (Å²) in [4.78, 5) is 12.2. The topological polar surface area (TPSA) is 46.9 Å². The predicted octanol–water partition coefficient (Wildman–Crippen LogP) is 3.07. The van der Waals surface area contributed by atoms with Gasteiger partial charge in [0.25, 0.3) is 0 Å². The first-order chi connectivity index (χ1) is 9.88. The Labute approximate surface area is 128 Å². The summed E-state index contributed by atoms with van der Waals surface area (Å²) in [5, 5.41) is 7.43. The second kappa shape index (κ2) is 6.63. The van der Waals surface area contributed by atoms with Crippen LogP contribution < -0.4 is 5.32 Å². The zero-order valence-corrected chi connectivity index (χ0v) is 13.9. The van der Waals surface area contributed by atoms with Crippen LogP contribution in [0.4, 0.5) is 0 Å². The number of nitrogens with one attached hydrogen (secondary N) is 1. The third kappa shape index (κ3) is 4.32. The maximum atomic E-state index is 12.2. The van der Waals surface area contributed by atoms with Crippen molar-refractivity contribution in [2.75, 3.05) is 0 Å². The molecule has 0 aliphatic heterocycles. The van der Waals surface area contributed by atoms with E-state index in [1.807, 2.05) is 17.8 Å². The second-order valence-electron chi connectivity index (χ2n) is 7.38. The van der Waals surface area contributed by atoms with Crippen molar-refractivity contribution < 1.29 is 4.79 Å². The normalized spacial score (nSPS) is 23.0. The lowest BCUT2D eigenvalue weighted by Gasteiger charge is -2.40. The van der Waals surface area contributed by atoms with E-state index in [2.05, 4.69) is 31.2 Å². The first kappa shape index (κ1) is 16.1. The van der Waals surface area contributed by atoms with Gasteiger partial charge in [-0.15, -0.1) is 0 Å². The Balaban J connectivity index is 1.87. The molecule has 1 fully saturated rings. The summed E-state index contributed by atoms with van der Waals surface area (Å²) in [6, 6.07) is 2.32. The minimum Gasteiger partial charge on any atom is -0.353 e. The molecular formula is C17H29N3O. The molecule has 1 aromatic rings. The molecule has 2 rings (SSSR count). The monoisotopic (exact) mass is 291 g/mol. The van der Waals surface area contributed by atoms with Gasteiger partial charge in [-0.25, -0.2) is 0 Å². The van der Waals surface area contributed by atoms with Crippen molar-refractivity contribution in [2.45, 2.75) is 65.3 Å². The molecule has 0 radical (unpaired) electrons. The number of nitrogens with zero attached hydrogens (tertiary/aromatic N) is 2. The van der Waals surface area contributed by atoms with E-state index in [9.17, 15) is 4.79 Å². The van der Waals surface area contributed by atoms with Gasteiger partial charge in [0.05, 0.1) is 0 Å². The fraction of sp³-hybridized carbons (Fsp3) is 0.765. The Hall–Kier alpha value is -1.32. The second-order valence-corrected chi connectivity index (χ2v) is 7.38. The minimum atomic E-state index is 0.178. The molecule has 1 aromatic heterocycles. The SMILES string of the molecule is Cn1nccc1CCC(=O)N[C@@H]1CCCC[C@H]1C(C)(C)C. The standard InChI is InChI=1S/C17H29N3O/c1-17(2,3)14-7-5-6-8-15(14)19-16(21)10-9-13-11-12-18-20(13)4/h11-12,14-15H,5-10H2,1-4H3,(H,19,21)/t14-,15-/m1/s1. The molecule has 0 saturated heterocycles. The van der Waals surface area contributed by atoms with Gasteiger partial charge in [-0.3, -0.25) is 9.48 Å². The molecule has 21 heavy (non-hydrogen) atoms. The van der Waals surface area contributed by atoms with Gasteiger partial charge in [0, 0.05) is 31.4 Å². The number of carbonyl (C=O) groups excluding carboxylic acids is 1. The molecule has 4 nitrogen and oxygen atoms in total. The summed E-state index contributed by atoms with van der Waals surface area (Å²) in [6.45, 7) is 6.87. The zero-order valence-electron chi connectivity index (χ0n) is 13.9. The van der Waals surface area contributed by atoms with E-state index in [0.29, 0.717) is 18.4 Å². The van der Waals surface area contributed by atoms with Crippen LogP contribution in [0.2, 0.25) is 0 Å². The fourth-order valence-electron chi connectivity index (χ4n) is 3.51. The molecule has 4 heteroatoms. The van der Waals surface area contributed by atoms with Gasteiger partial charge in [0.2, 0.25) is 5.91 Å². The molecule has 0 unspecified atom stereocenters. The summed E-state index contributed by atoms with van der Waals surface area (Å²) >= 11 is 0. The van der Waals surface area contributed by atoms with Crippen LogP contribution in [-0.4, -0.2) is 21.7 Å². The maximum absolute atomic E-state index is 12.2. The lowest BCUT2D eigenvalue weighted by Crippen LogP contribution is -2.46. The Morgan fingerprint density at radius 2 is 2.10 bits per heavy atom. The smallest absolute Gasteiger partial charge is 0.220 e. The highest BCUT2D eigenvalue weighted by Gasteiger charge is 2.34. The van der Waals surface area contributed by atoms with Crippen molar-refractivity contribution in [1.29, 1.82) is 0 Å². The van der Waals surface area contributed by atoms with Gasteiger partial charge < -0.3 is 5.32 Å². The lowest BCUT2D eigenvalue weighted by molar-refractivity contribution is -0.122. The number of rotatable bonds is 4. The average molecular weight is 291 g/mol. The van der Waals surface area contributed by atoms with Crippen molar-refractivity contribution in [1.82, 2.24) is 15.1 Å². The molecule has 1 N–H and O–H groups in total. The van der Waals surface area contributed by atoms with Crippen LogP contribution in [0.15, 0.2) is 12.3 Å². The van der Waals surface area contributed by atoms with Gasteiger partial charge in [-0.1, -0.05) is 33.6 Å². The molecule has 1 aliphatic carbocycles. The molecule has 1 aliphatic rings. The highest BCUT2D eigenvalue weighted by Crippen LogP contribution is 2.37.